The molecule has 1 amide bonds. The van der Waals surface area contributed by atoms with Crippen LogP contribution in [0.2, 0.25) is 0 Å². The van der Waals surface area contributed by atoms with Crippen molar-refractivity contribution in [3.63, 3.8) is 0 Å². The monoisotopic (exact) mass is 256 g/mol. The van der Waals surface area contributed by atoms with Gasteiger partial charge in [-0.3, -0.25) is 9.89 Å². The molecule has 1 aromatic carbocycles. The van der Waals surface area contributed by atoms with Crippen LogP contribution in [-0.4, -0.2) is 23.2 Å². The van der Waals surface area contributed by atoms with E-state index in [1.54, 1.807) is 11.1 Å². The molecule has 3 rings (SSSR count). The average molecular weight is 256 g/mol. The highest BCUT2D eigenvalue weighted by Gasteiger charge is 2.21. The molecule has 0 saturated carbocycles. The fourth-order valence-electron chi connectivity index (χ4n) is 2.53. The van der Waals surface area contributed by atoms with Crippen LogP contribution in [0, 0.1) is 0 Å². The largest absolute Gasteiger partial charge is 0.326 e. The average Bonchev–Trinajstić information content (AvgIpc) is 2.91. The second-order valence-corrected chi connectivity index (χ2v) is 4.77. The summed E-state index contributed by atoms with van der Waals surface area (Å²) >= 11 is 0. The van der Waals surface area contributed by atoms with Gasteiger partial charge in [-0.15, -0.1) is 0 Å². The third-order valence-electron chi connectivity index (χ3n) is 3.65. The summed E-state index contributed by atoms with van der Waals surface area (Å²) in [4.78, 5) is 13.4. The molecule has 98 valence electrons. The van der Waals surface area contributed by atoms with Crippen LogP contribution in [0.3, 0.4) is 0 Å². The molecule has 0 fully saturated rings. The van der Waals surface area contributed by atoms with Gasteiger partial charge in [-0.05, 0) is 24.1 Å². The Bertz CT molecular complexity index is 632. The number of amides is 1. The summed E-state index contributed by atoms with van der Waals surface area (Å²) in [5, 5.41) is 7.03. The molecule has 0 aliphatic carbocycles. The molecule has 1 aliphatic heterocycles. The number of hydrogen-bond acceptors (Lipinski definition) is 3. The second-order valence-electron chi connectivity index (χ2n) is 4.77. The molecule has 1 aromatic heterocycles. The van der Waals surface area contributed by atoms with E-state index in [-0.39, 0.29) is 5.91 Å². The van der Waals surface area contributed by atoms with Crippen molar-refractivity contribution >= 4 is 11.6 Å². The lowest BCUT2D eigenvalue weighted by Gasteiger charge is -2.26. The zero-order valence-electron chi connectivity index (χ0n) is 10.8. The van der Waals surface area contributed by atoms with E-state index in [0.29, 0.717) is 13.0 Å². The fourth-order valence-corrected chi connectivity index (χ4v) is 2.53. The SMILES string of the molecule is CN1C(=O)CCc2cc(-c3[nH]ncc3CN)ccc21. The molecule has 0 spiro atoms. The van der Waals surface area contributed by atoms with Crippen molar-refractivity contribution in [1.82, 2.24) is 10.2 Å². The van der Waals surface area contributed by atoms with Crippen LogP contribution in [0.1, 0.15) is 17.5 Å². The topological polar surface area (TPSA) is 75.0 Å². The first-order valence-electron chi connectivity index (χ1n) is 6.33. The lowest BCUT2D eigenvalue weighted by Crippen LogP contribution is -2.30. The van der Waals surface area contributed by atoms with Crippen molar-refractivity contribution in [3.05, 3.63) is 35.5 Å². The van der Waals surface area contributed by atoms with Gasteiger partial charge in [0, 0.05) is 36.8 Å². The summed E-state index contributed by atoms with van der Waals surface area (Å²) in [5.41, 5.74) is 10.9. The minimum absolute atomic E-state index is 0.171. The van der Waals surface area contributed by atoms with E-state index in [4.69, 9.17) is 5.73 Å². The van der Waals surface area contributed by atoms with Crippen LogP contribution in [-0.2, 0) is 17.8 Å². The molecular weight excluding hydrogens is 240 g/mol. The summed E-state index contributed by atoms with van der Waals surface area (Å²) in [6.45, 7) is 0.460. The first kappa shape index (κ1) is 11.9. The van der Waals surface area contributed by atoms with Gasteiger partial charge in [0.05, 0.1) is 11.9 Å². The van der Waals surface area contributed by atoms with Gasteiger partial charge in [0.2, 0.25) is 5.91 Å². The fraction of sp³-hybridized carbons (Fsp3) is 0.286. The summed E-state index contributed by atoms with van der Waals surface area (Å²) in [6.07, 6.45) is 3.11. The molecule has 5 nitrogen and oxygen atoms in total. The molecule has 2 aromatic rings. The molecule has 1 aliphatic rings. The molecular formula is C14H16N4O. The Kier molecular flexibility index (Phi) is 2.83. The zero-order valence-corrected chi connectivity index (χ0v) is 10.8. The number of nitrogens with zero attached hydrogens (tertiary/aromatic N) is 2. The Hall–Kier alpha value is -2.14. The number of hydrogen-bond donors (Lipinski definition) is 2. The number of aromatic nitrogens is 2. The number of anilines is 1. The highest BCUT2D eigenvalue weighted by atomic mass is 16.2. The van der Waals surface area contributed by atoms with E-state index in [1.165, 1.54) is 5.56 Å². The summed E-state index contributed by atoms with van der Waals surface area (Å²) in [6, 6.07) is 6.11. The number of aryl methyl sites for hydroxylation is 1. The smallest absolute Gasteiger partial charge is 0.227 e. The molecule has 0 saturated heterocycles. The summed E-state index contributed by atoms with van der Waals surface area (Å²) < 4.78 is 0. The Labute approximate surface area is 111 Å². The van der Waals surface area contributed by atoms with E-state index in [2.05, 4.69) is 16.3 Å². The van der Waals surface area contributed by atoms with E-state index < -0.39 is 0 Å². The number of aromatic amines is 1. The molecule has 19 heavy (non-hydrogen) atoms. The van der Waals surface area contributed by atoms with Gasteiger partial charge < -0.3 is 10.6 Å². The number of fused-ring (bicyclic) bond motifs is 1. The zero-order chi connectivity index (χ0) is 13.4. The number of benzene rings is 1. The lowest BCUT2D eigenvalue weighted by molar-refractivity contribution is -0.118. The highest BCUT2D eigenvalue weighted by Crippen LogP contribution is 2.31. The quantitative estimate of drug-likeness (QED) is 0.853. The minimum Gasteiger partial charge on any atom is -0.326 e. The maximum atomic E-state index is 11.7. The van der Waals surface area contributed by atoms with Gasteiger partial charge in [-0.1, -0.05) is 6.07 Å². The van der Waals surface area contributed by atoms with E-state index >= 15 is 0 Å². The Morgan fingerprint density at radius 3 is 3.05 bits per heavy atom. The number of nitrogens with two attached hydrogens (primary N) is 1. The van der Waals surface area contributed by atoms with Crippen molar-refractivity contribution in [3.8, 4) is 11.3 Å². The third-order valence-corrected chi connectivity index (χ3v) is 3.65. The van der Waals surface area contributed by atoms with Crippen LogP contribution < -0.4 is 10.6 Å². The predicted molar refractivity (Wildman–Crippen MR) is 73.6 cm³/mol. The molecule has 5 heteroatoms. The predicted octanol–water partition coefficient (Wildman–Crippen LogP) is 1.44. The number of H-pyrrole nitrogens is 1. The summed E-state index contributed by atoms with van der Waals surface area (Å²) in [5.74, 6) is 0.171. The first-order valence-corrected chi connectivity index (χ1v) is 6.33. The van der Waals surface area contributed by atoms with Crippen molar-refractivity contribution in [2.45, 2.75) is 19.4 Å². The van der Waals surface area contributed by atoms with Gasteiger partial charge in [0.15, 0.2) is 0 Å². The summed E-state index contributed by atoms with van der Waals surface area (Å²) in [7, 11) is 1.82. The molecule has 0 radical (unpaired) electrons. The van der Waals surface area contributed by atoms with E-state index in [0.717, 1.165) is 28.9 Å². The Balaban J connectivity index is 2.05. The highest BCUT2D eigenvalue weighted by molar-refractivity contribution is 5.96. The van der Waals surface area contributed by atoms with Gasteiger partial charge in [-0.25, -0.2) is 0 Å². The first-order chi connectivity index (χ1) is 9.20. The Morgan fingerprint density at radius 1 is 1.42 bits per heavy atom. The molecule has 0 unspecified atom stereocenters. The van der Waals surface area contributed by atoms with Crippen molar-refractivity contribution in [2.24, 2.45) is 5.73 Å². The van der Waals surface area contributed by atoms with Gasteiger partial charge in [-0.2, -0.15) is 5.10 Å². The Morgan fingerprint density at radius 2 is 2.26 bits per heavy atom. The molecule has 3 N–H and O–H groups in total. The maximum Gasteiger partial charge on any atom is 0.227 e. The minimum atomic E-state index is 0.171. The number of carbonyl (C=O) groups is 1. The standard InChI is InChI=1S/C14H16N4O/c1-18-12-4-2-10(6-9(12)3-5-13(18)19)14-11(7-15)8-16-17-14/h2,4,6,8H,3,5,7,15H2,1H3,(H,16,17). The van der Waals surface area contributed by atoms with Crippen molar-refractivity contribution < 1.29 is 4.79 Å². The van der Waals surface area contributed by atoms with E-state index in [9.17, 15) is 4.79 Å². The number of carbonyl (C=O) groups excluding carboxylic acids is 1. The second kappa shape index (κ2) is 4.51. The van der Waals surface area contributed by atoms with E-state index in [1.807, 2.05) is 19.2 Å². The molecule has 0 atom stereocenters. The van der Waals surface area contributed by atoms with Crippen molar-refractivity contribution in [1.29, 1.82) is 0 Å². The van der Waals surface area contributed by atoms with Crippen LogP contribution in [0.15, 0.2) is 24.4 Å². The third kappa shape index (κ3) is 1.92. The van der Waals surface area contributed by atoms with Crippen LogP contribution in [0.4, 0.5) is 5.69 Å². The normalized spacial score (nSPS) is 14.6. The lowest BCUT2D eigenvalue weighted by atomic mass is 9.97. The number of nitrogens with one attached hydrogen (secondary N) is 1. The van der Waals surface area contributed by atoms with Crippen LogP contribution in [0.25, 0.3) is 11.3 Å². The molecule has 2 heterocycles. The van der Waals surface area contributed by atoms with Crippen LogP contribution in [0.5, 0.6) is 0 Å². The van der Waals surface area contributed by atoms with Gasteiger partial charge in [0.1, 0.15) is 0 Å². The van der Waals surface area contributed by atoms with Crippen LogP contribution >= 0.6 is 0 Å². The van der Waals surface area contributed by atoms with Crippen molar-refractivity contribution in [2.75, 3.05) is 11.9 Å². The maximum absolute atomic E-state index is 11.7. The molecule has 0 bridgehead atoms. The number of rotatable bonds is 2. The van der Waals surface area contributed by atoms with Gasteiger partial charge in [0.25, 0.3) is 0 Å². The van der Waals surface area contributed by atoms with Gasteiger partial charge >= 0.3 is 0 Å².